The monoisotopic (exact) mass is 206 g/mol. The van der Waals surface area contributed by atoms with Gasteiger partial charge in [-0.25, -0.2) is 0 Å². The Morgan fingerprint density at radius 3 is 2.13 bits per heavy atom. The molecule has 0 atom stereocenters. The van der Waals surface area contributed by atoms with E-state index in [-0.39, 0.29) is 22.3 Å². The minimum absolute atomic E-state index is 0.0537. The van der Waals surface area contributed by atoms with Gasteiger partial charge in [-0.2, -0.15) is 0 Å². The lowest BCUT2D eigenvalue weighted by Crippen LogP contribution is -2.12. The van der Waals surface area contributed by atoms with E-state index in [9.17, 15) is 14.7 Å². The first-order chi connectivity index (χ1) is 6.90. The second kappa shape index (κ2) is 3.85. The first kappa shape index (κ1) is 11.4. The minimum Gasteiger partial charge on any atom is -0.507 e. The Morgan fingerprint density at radius 2 is 1.73 bits per heavy atom. The SMILES string of the molecule is CC(C)(C)c1cc(O)c(C=O)c(C=O)c1. The van der Waals surface area contributed by atoms with E-state index in [0.29, 0.717) is 12.6 Å². The van der Waals surface area contributed by atoms with Crippen LogP contribution >= 0.6 is 0 Å². The smallest absolute Gasteiger partial charge is 0.154 e. The fourth-order valence-corrected chi connectivity index (χ4v) is 1.32. The molecular weight excluding hydrogens is 192 g/mol. The van der Waals surface area contributed by atoms with Crippen LogP contribution in [0.2, 0.25) is 0 Å². The average Bonchev–Trinajstić information content (AvgIpc) is 2.15. The maximum absolute atomic E-state index is 10.7. The molecule has 80 valence electrons. The van der Waals surface area contributed by atoms with E-state index in [1.54, 1.807) is 6.07 Å². The molecule has 3 nitrogen and oxygen atoms in total. The van der Waals surface area contributed by atoms with Crippen molar-refractivity contribution in [2.45, 2.75) is 26.2 Å². The summed E-state index contributed by atoms with van der Waals surface area (Å²) in [6, 6.07) is 3.16. The number of benzene rings is 1. The van der Waals surface area contributed by atoms with E-state index in [4.69, 9.17) is 0 Å². The quantitative estimate of drug-likeness (QED) is 0.755. The van der Waals surface area contributed by atoms with Crippen LogP contribution in [-0.4, -0.2) is 17.7 Å². The number of aromatic hydroxyl groups is 1. The summed E-state index contributed by atoms with van der Waals surface area (Å²) in [5.74, 6) is -0.139. The zero-order valence-electron chi connectivity index (χ0n) is 9.07. The van der Waals surface area contributed by atoms with Gasteiger partial charge in [0.25, 0.3) is 0 Å². The Labute approximate surface area is 88.7 Å². The van der Waals surface area contributed by atoms with Crippen LogP contribution < -0.4 is 0 Å². The van der Waals surface area contributed by atoms with E-state index in [0.717, 1.165) is 5.56 Å². The summed E-state index contributed by atoms with van der Waals surface area (Å²) in [5.41, 5.74) is 0.942. The molecule has 1 aromatic rings. The van der Waals surface area contributed by atoms with Crippen LogP contribution in [0.3, 0.4) is 0 Å². The molecule has 0 radical (unpaired) electrons. The third-order valence-corrected chi connectivity index (χ3v) is 2.30. The molecule has 0 saturated heterocycles. The Hall–Kier alpha value is -1.64. The maximum atomic E-state index is 10.7. The molecule has 1 rings (SSSR count). The number of carbonyl (C=O) groups excluding carboxylic acids is 2. The average molecular weight is 206 g/mol. The molecule has 0 heterocycles. The molecule has 0 aromatic heterocycles. The molecule has 0 unspecified atom stereocenters. The van der Waals surface area contributed by atoms with Crippen molar-refractivity contribution in [1.29, 1.82) is 0 Å². The second-order valence-corrected chi connectivity index (χ2v) is 4.48. The van der Waals surface area contributed by atoms with Crippen molar-refractivity contribution in [3.05, 3.63) is 28.8 Å². The number of rotatable bonds is 2. The lowest BCUT2D eigenvalue weighted by molar-refractivity contribution is 0.109. The third-order valence-electron chi connectivity index (χ3n) is 2.30. The van der Waals surface area contributed by atoms with Gasteiger partial charge in [0.1, 0.15) is 5.75 Å². The van der Waals surface area contributed by atoms with Gasteiger partial charge in [-0.1, -0.05) is 20.8 Å². The lowest BCUT2D eigenvalue weighted by Gasteiger charge is -2.20. The fraction of sp³-hybridized carbons (Fsp3) is 0.333. The van der Waals surface area contributed by atoms with E-state index in [2.05, 4.69) is 0 Å². The normalized spacial score (nSPS) is 11.1. The highest BCUT2D eigenvalue weighted by Gasteiger charge is 2.18. The standard InChI is InChI=1S/C12H14O3/c1-12(2,3)9-4-8(6-13)10(7-14)11(15)5-9/h4-7,15H,1-3H3. The van der Waals surface area contributed by atoms with Gasteiger partial charge in [-0.3, -0.25) is 9.59 Å². The number of carbonyl (C=O) groups is 2. The molecule has 0 aliphatic carbocycles. The minimum atomic E-state index is -0.170. The van der Waals surface area contributed by atoms with Crippen LogP contribution in [0.1, 0.15) is 47.1 Å². The highest BCUT2D eigenvalue weighted by atomic mass is 16.3. The summed E-state index contributed by atoms with van der Waals surface area (Å²) in [6.45, 7) is 5.91. The van der Waals surface area contributed by atoms with Gasteiger partial charge in [-0.15, -0.1) is 0 Å². The highest BCUT2D eigenvalue weighted by Crippen LogP contribution is 2.29. The summed E-state index contributed by atoms with van der Waals surface area (Å²) in [7, 11) is 0. The zero-order valence-corrected chi connectivity index (χ0v) is 9.07. The second-order valence-electron chi connectivity index (χ2n) is 4.48. The van der Waals surface area contributed by atoms with Gasteiger partial charge in [0.05, 0.1) is 5.56 Å². The molecule has 3 heteroatoms. The molecule has 0 spiro atoms. The Balaban J connectivity index is 3.45. The zero-order chi connectivity index (χ0) is 11.6. The van der Waals surface area contributed by atoms with Crippen molar-refractivity contribution in [1.82, 2.24) is 0 Å². The number of hydrogen-bond donors (Lipinski definition) is 1. The van der Waals surface area contributed by atoms with Crippen molar-refractivity contribution < 1.29 is 14.7 Å². The summed E-state index contributed by atoms with van der Waals surface area (Å²) in [5, 5.41) is 9.58. The van der Waals surface area contributed by atoms with Crippen LogP contribution in [0.5, 0.6) is 5.75 Å². The summed E-state index contributed by atoms with van der Waals surface area (Å²) >= 11 is 0. The molecule has 1 N–H and O–H groups in total. The fourth-order valence-electron chi connectivity index (χ4n) is 1.32. The van der Waals surface area contributed by atoms with Crippen LogP contribution in [0.15, 0.2) is 12.1 Å². The van der Waals surface area contributed by atoms with E-state index in [1.807, 2.05) is 20.8 Å². The van der Waals surface area contributed by atoms with E-state index in [1.165, 1.54) is 6.07 Å². The van der Waals surface area contributed by atoms with Crippen molar-refractivity contribution in [3.8, 4) is 5.75 Å². The van der Waals surface area contributed by atoms with Crippen LogP contribution in [0, 0.1) is 0 Å². The molecule has 15 heavy (non-hydrogen) atoms. The Bertz CT molecular complexity index is 400. The predicted octanol–water partition coefficient (Wildman–Crippen LogP) is 2.31. The first-order valence-electron chi connectivity index (χ1n) is 4.68. The number of phenols is 1. The Kier molecular flexibility index (Phi) is 2.93. The number of phenolic OH excluding ortho intramolecular Hbond substituents is 1. The van der Waals surface area contributed by atoms with Crippen molar-refractivity contribution in [2.24, 2.45) is 0 Å². The van der Waals surface area contributed by atoms with Crippen molar-refractivity contribution >= 4 is 12.6 Å². The molecule has 0 fully saturated rings. The maximum Gasteiger partial charge on any atom is 0.154 e. The first-order valence-corrected chi connectivity index (χ1v) is 4.68. The van der Waals surface area contributed by atoms with Gasteiger partial charge < -0.3 is 5.11 Å². The predicted molar refractivity (Wildman–Crippen MR) is 57.6 cm³/mol. The number of hydrogen-bond acceptors (Lipinski definition) is 3. The summed E-state index contributed by atoms with van der Waals surface area (Å²) in [4.78, 5) is 21.4. The topological polar surface area (TPSA) is 54.4 Å². The molecule has 0 bridgehead atoms. The van der Waals surface area contributed by atoms with Crippen LogP contribution in [0.25, 0.3) is 0 Å². The Morgan fingerprint density at radius 1 is 1.13 bits per heavy atom. The van der Waals surface area contributed by atoms with Gasteiger partial charge >= 0.3 is 0 Å². The largest absolute Gasteiger partial charge is 0.507 e. The third kappa shape index (κ3) is 2.24. The number of aldehydes is 2. The van der Waals surface area contributed by atoms with Crippen molar-refractivity contribution in [2.75, 3.05) is 0 Å². The molecule has 0 aliphatic rings. The summed E-state index contributed by atoms with van der Waals surface area (Å²) in [6.07, 6.45) is 1.07. The van der Waals surface area contributed by atoms with Gasteiger partial charge in [-0.05, 0) is 23.1 Å². The molecule has 0 aliphatic heterocycles. The van der Waals surface area contributed by atoms with Gasteiger partial charge in [0.15, 0.2) is 12.6 Å². The van der Waals surface area contributed by atoms with Crippen LogP contribution in [0.4, 0.5) is 0 Å². The lowest BCUT2D eigenvalue weighted by atomic mass is 9.85. The van der Waals surface area contributed by atoms with Crippen molar-refractivity contribution in [3.63, 3.8) is 0 Å². The molecular formula is C12H14O3. The van der Waals surface area contributed by atoms with Crippen LogP contribution in [-0.2, 0) is 5.41 Å². The molecule has 0 amide bonds. The molecule has 1 aromatic carbocycles. The van der Waals surface area contributed by atoms with E-state index < -0.39 is 0 Å². The molecule has 0 saturated carbocycles. The van der Waals surface area contributed by atoms with E-state index >= 15 is 0 Å². The summed E-state index contributed by atoms with van der Waals surface area (Å²) < 4.78 is 0. The van der Waals surface area contributed by atoms with Gasteiger partial charge in [0, 0.05) is 5.56 Å². The van der Waals surface area contributed by atoms with Gasteiger partial charge in [0.2, 0.25) is 0 Å². The highest BCUT2D eigenvalue weighted by molar-refractivity contribution is 5.93.